The van der Waals surface area contributed by atoms with Crippen molar-refractivity contribution in [3.8, 4) is 17.2 Å². The van der Waals surface area contributed by atoms with Crippen LogP contribution in [0.1, 0.15) is 36.2 Å². The number of amides is 1. The van der Waals surface area contributed by atoms with E-state index in [4.69, 9.17) is 0 Å². The molecule has 1 amide bonds. The van der Waals surface area contributed by atoms with Gasteiger partial charge in [0, 0.05) is 17.7 Å². The van der Waals surface area contributed by atoms with Gasteiger partial charge in [-0.2, -0.15) is 5.26 Å². The lowest BCUT2D eigenvalue weighted by Gasteiger charge is -2.12. The Morgan fingerprint density at radius 1 is 1.09 bits per heavy atom. The number of nitrogens with one attached hydrogen (secondary N) is 1. The highest BCUT2D eigenvalue weighted by atomic mass is 16.1. The van der Waals surface area contributed by atoms with Gasteiger partial charge in [-0.1, -0.05) is 50.2 Å². The second kappa shape index (κ2) is 7.42. The van der Waals surface area contributed by atoms with Crippen molar-refractivity contribution < 1.29 is 4.79 Å². The minimum Gasteiger partial charge on any atom is -0.352 e. The molecule has 0 unspecified atom stereocenters. The van der Waals surface area contributed by atoms with Gasteiger partial charge in [-0.25, -0.2) is 0 Å². The molecule has 2 aromatic rings. The molecular formula is C19H20N2O. The van der Waals surface area contributed by atoms with Crippen molar-refractivity contribution >= 4 is 5.91 Å². The summed E-state index contributed by atoms with van der Waals surface area (Å²) in [7, 11) is 0. The predicted octanol–water partition coefficient (Wildman–Crippen LogP) is 4.00. The van der Waals surface area contributed by atoms with E-state index >= 15 is 0 Å². The van der Waals surface area contributed by atoms with E-state index in [9.17, 15) is 10.1 Å². The lowest BCUT2D eigenvalue weighted by atomic mass is 9.95. The highest BCUT2D eigenvalue weighted by Crippen LogP contribution is 2.26. The van der Waals surface area contributed by atoms with Crippen LogP contribution < -0.4 is 5.32 Å². The third kappa shape index (κ3) is 3.73. The highest BCUT2D eigenvalue weighted by Gasteiger charge is 2.14. The van der Waals surface area contributed by atoms with Gasteiger partial charge in [-0.15, -0.1) is 0 Å². The summed E-state index contributed by atoms with van der Waals surface area (Å²) in [6.07, 6.45) is 0.947. The molecule has 0 heterocycles. The lowest BCUT2D eigenvalue weighted by Crippen LogP contribution is -2.25. The van der Waals surface area contributed by atoms with Crippen molar-refractivity contribution in [2.75, 3.05) is 6.54 Å². The summed E-state index contributed by atoms with van der Waals surface area (Å²) in [5.74, 6) is 0.457. The van der Waals surface area contributed by atoms with Gasteiger partial charge in [0.1, 0.15) is 0 Å². The normalized spacial score (nSPS) is 10.3. The SMILES string of the molecule is CC(C)CCNC(=O)c1ccccc1-c1ccccc1C#N. The number of carbonyl (C=O) groups excluding carboxylic acids is 1. The number of benzene rings is 2. The molecule has 0 saturated heterocycles. The van der Waals surface area contributed by atoms with Crippen LogP contribution >= 0.6 is 0 Å². The summed E-state index contributed by atoms with van der Waals surface area (Å²) >= 11 is 0. The molecule has 0 fully saturated rings. The number of nitrogens with zero attached hydrogens (tertiary/aromatic N) is 1. The number of rotatable bonds is 5. The number of nitriles is 1. The van der Waals surface area contributed by atoms with Crippen LogP contribution in [0.4, 0.5) is 0 Å². The Balaban J connectivity index is 2.31. The molecule has 2 aromatic carbocycles. The first-order valence-corrected chi connectivity index (χ1v) is 7.50. The van der Waals surface area contributed by atoms with Crippen LogP contribution in [0.15, 0.2) is 48.5 Å². The average Bonchev–Trinajstić information content (AvgIpc) is 2.54. The minimum atomic E-state index is -0.0935. The fourth-order valence-electron chi connectivity index (χ4n) is 2.30. The highest BCUT2D eigenvalue weighted by molar-refractivity contribution is 6.01. The number of carbonyl (C=O) groups is 1. The van der Waals surface area contributed by atoms with Crippen LogP contribution in [-0.4, -0.2) is 12.5 Å². The monoisotopic (exact) mass is 292 g/mol. The maximum absolute atomic E-state index is 12.4. The topological polar surface area (TPSA) is 52.9 Å². The van der Waals surface area contributed by atoms with Gasteiger partial charge < -0.3 is 5.32 Å². The van der Waals surface area contributed by atoms with E-state index < -0.39 is 0 Å². The molecule has 0 aliphatic rings. The fourth-order valence-corrected chi connectivity index (χ4v) is 2.30. The summed E-state index contributed by atoms with van der Waals surface area (Å²) in [4.78, 5) is 12.4. The molecule has 0 atom stereocenters. The third-order valence-electron chi connectivity index (χ3n) is 3.52. The van der Waals surface area contributed by atoms with E-state index in [2.05, 4.69) is 25.2 Å². The molecular weight excluding hydrogens is 272 g/mol. The summed E-state index contributed by atoms with van der Waals surface area (Å²) in [5.41, 5.74) is 2.76. The molecule has 0 radical (unpaired) electrons. The second-order valence-corrected chi connectivity index (χ2v) is 5.64. The summed E-state index contributed by atoms with van der Waals surface area (Å²) < 4.78 is 0. The van der Waals surface area contributed by atoms with Gasteiger partial charge in [0.15, 0.2) is 0 Å². The van der Waals surface area contributed by atoms with E-state index in [0.717, 1.165) is 17.5 Å². The van der Waals surface area contributed by atoms with Crippen LogP contribution in [0.5, 0.6) is 0 Å². The van der Waals surface area contributed by atoms with Gasteiger partial charge in [0.25, 0.3) is 5.91 Å². The third-order valence-corrected chi connectivity index (χ3v) is 3.52. The molecule has 112 valence electrons. The van der Waals surface area contributed by atoms with Gasteiger partial charge in [0.05, 0.1) is 11.6 Å². The van der Waals surface area contributed by atoms with Gasteiger partial charge >= 0.3 is 0 Å². The first-order chi connectivity index (χ1) is 10.6. The van der Waals surface area contributed by atoms with Crippen molar-refractivity contribution in [2.24, 2.45) is 5.92 Å². The smallest absolute Gasteiger partial charge is 0.251 e. The van der Waals surface area contributed by atoms with Crippen LogP contribution in [0.2, 0.25) is 0 Å². The van der Waals surface area contributed by atoms with E-state index in [1.165, 1.54) is 0 Å². The Hall–Kier alpha value is -2.60. The van der Waals surface area contributed by atoms with Gasteiger partial charge in [-0.3, -0.25) is 4.79 Å². The Morgan fingerprint density at radius 2 is 1.73 bits per heavy atom. The molecule has 0 aliphatic carbocycles. The number of hydrogen-bond donors (Lipinski definition) is 1. The summed E-state index contributed by atoms with van der Waals surface area (Å²) in [6.45, 7) is 4.91. The van der Waals surface area contributed by atoms with Crippen molar-refractivity contribution in [3.63, 3.8) is 0 Å². The Bertz CT molecular complexity index is 699. The molecule has 0 saturated carbocycles. The molecule has 1 N–H and O–H groups in total. The molecule has 0 aromatic heterocycles. The van der Waals surface area contributed by atoms with Gasteiger partial charge in [0.2, 0.25) is 0 Å². The first kappa shape index (κ1) is 15.8. The van der Waals surface area contributed by atoms with Crippen molar-refractivity contribution in [1.82, 2.24) is 5.32 Å². The maximum Gasteiger partial charge on any atom is 0.251 e. The standard InChI is InChI=1S/C19H20N2O/c1-14(2)11-12-21-19(22)18-10-6-5-9-17(18)16-8-4-3-7-15(16)13-20/h3-10,14H,11-12H2,1-2H3,(H,21,22). The second-order valence-electron chi connectivity index (χ2n) is 5.64. The average molecular weight is 292 g/mol. The molecule has 0 bridgehead atoms. The van der Waals surface area contributed by atoms with Gasteiger partial charge in [-0.05, 0) is 30.0 Å². The Labute approximate surface area is 131 Å². The van der Waals surface area contributed by atoms with Crippen molar-refractivity contribution in [3.05, 3.63) is 59.7 Å². The Kier molecular flexibility index (Phi) is 5.32. The molecule has 0 spiro atoms. The predicted molar refractivity (Wildman–Crippen MR) is 88.4 cm³/mol. The quantitative estimate of drug-likeness (QED) is 0.905. The molecule has 0 aliphatic heterocycles. The van der Waals surface area contributed by atoms with Crippen LogP contribution in [-0.2, 0) is 0 Å². The largest absolute Gasteiger partial charge is 0.352 e. The zero-order valence-electron chi connectivity index (χ0n) is 13.0. The minimum absolute atomic E-state index is 0.0935. The zero-order valence-corrected chi connectivity index (χ0v) is 13.0. The summed E-state index contributed by atoms with van der Waals surface area (Å²) in [6, 6.07) is 16.9. The van der Waals surface area contributed by atoms with E-state index in [0.29, 0.717) is 23.6 Å². The Morgan fingerprint density at radius 3 is 2.41 bits per heavy atom. The van der Waals surface area contributed by atoms with E-state index in [1.807, 2.05) is 36.4 Å². The lowest BCUT2D eigenvalue weighted by molar-refractivity contribution is 0.0952. The first-order valence-electron chi connectivity index (χ1n) is 7.50. The molecule has 22 heavy (non-hydrogen) atoms. The molecule has 2 rings (SSSR count). The van der Waals surface area contributed by atoms with E-state index in [1.54, 1.807) is 12.1 Å². The molecule has 3 nitrogen and oxygen atoms in total. The fraction of sp³-hybridized carbons (Fsp3) is 0.263. The van der Waals surface area contributed by atoms with Crippen LogP contribution in [0.25, 0.3) is 11.1 Å². The van der Waals surface area contributed by atoms with Crippen LogP contribution in [0, 0.1) is 17.2 Å². The molecule has 3 heteroatoms. The summed E-state index contributed by atoms with van der Waals surface area (Å²) in [5, 5.41) is 12.2. The van der Waals surface area contributed by atoms with E-state index in [-0.39, 0.29) is 5.91 Å². The van der Waals surface area contributed by atoms with Crippen LogP contribution in [0.3, 0.4) is 0 Å². The van der Waals surface area contributed by atoms with Crippen molar-refractivity contribution in [2.45, 2.75) is 20.3 Å². The number of hydrogen-bond acceptors (Lipinski definition) is 2. The van der Waals surface area contributed by atoms with Crippen molar-refractivity contribution in [1.29, 1.82) is 5.26 Å². The maximum atomic E-state index is 12.4. The zero-order chi connectivity index (χ0) is 15.9.